The number of ether oxygens (including phenoxy) is 3. The van der Waals surface area contributed by atoms with E-state index in [0.29, 0.717) is 64.0 Å². The Hall–Kier alpha value is -2.49. The van der Waals surface area contributed by atoms with Crippen molar-refractivity contribution >= 4 is 50.6 Å². The molecule has 0 unspecified atom stereocenters. The van der Waals surface area contributed by atoms with Crippen LogP contribution in [-0.4, -0.2) is 42.4 Å². The third-order valence-corrected chi connectivity index (χ3v) is 6.30. The molecule has 1 N–H and O–H groups in total. The molecule has 3 aromatic rings. The Kier molecular flexibility index (Phi) is 6.03. The van der Waals surface area contributed by atoms with Gasteiger partial charge in [0.1, 0.15) is 45.2 Å². The third kappa shape index (κ3) is 4.05. The van der Waals surface area contributed by atoms with Crippen LogP contribution in [0.1, 0.15) is 28.1 Å². The number of hydrogen-bond acceptors (Lipinski definition) is 8. The van der Waals surface area contributed by atoms with Crippen LogP contribution in [0, 0.1) is 12.7 Å². The van der Waals surface area contributed by atoms with Gasteiger partial charge in [-0.15, -0.1) is 11.3 Å². The minimum Gasteiger partial charge on any atom is -0.488 e. The van der Waals surface area contributed by atoms with E-state index in [1.165, 1.54) is 36.9 Å². The molecule has 158 valence electrons. The van der Waals surface area contributed by atoms with Gasteiger partial charge in [-0.1, -0.05) is 11.6 Å². The van der Waals surface area contributed by atoms with Gasteiger partial charge in [-0.25, -0.2) is 19.2 Å². The van der Waals surface area contributed by atoms with E-state index in [1.54, 1.807) is 6.92 Å². The molecule has 1 aliphatic rings. The van der Waals surface area contributed by atoms with Crippen LogP contribution in [0.2, 0.25) is 5.02 Å². The predicted molar refractivity (Wildman–Crippen MR) is 113 cm³/mol. The number of rotatable bonds is 5. The fraction of sp³-hybridized carbons (Fsp3) is 0.350. The van der Waals surface area contributed by atoms with Crippen molar-refractivity contribution in [3.63, 3.8) is 0 Å². The number of carbonyl (C=O) groups is 1. The number of thiophene rings is 1. The lowest BCUT2D eigenvalue weighted by atomic mass is 10.1. The van der Waals surface area contributed by atoms with Crippen LogP contribution in [0.15, 0.2) is 18.5 Å². The smallest absolute Gasteiger partial charge is 0.348 e. The molecule has 0 bridgehead atoms. The second-order valence-corrected chi connectivity index (χ2v) is 8.17. The molecule has 2 aromatic heterocycles. The molecule has 3 heterocycles. The van der Waals surface area contributed by atoms with Gasteiger partial charge in [-0.3, -0.25) is 0 Å². The number of nitrogens with one attached hydrogen (secondary N) is 1. The molecule has 1 saturated heterocycles. The molecule has 0 atom stereocenters. The van der Waals surface area contributed by atoms with Gasteiger partial charge in [0.05, 0.1) is 30.7 Å². The molecule has 1 aliphatic heterocycles. The molecule has 4 rings (SSSR count). The summed E-state index contributed by atoms with van der Waals surface area (Å²) in [6, 6.07) is 2.50. The van der Waals surface area contributed by atoms with E-state index < -0.39 is 11.8 Å². The SMILES string of the molecule is COC(=O)c1sc2ncnc(Nc3c(Cl)cc(F)cc3OC3CCOCC3)c2c1C. The van der Waals surface area contributed by atoms with Crippen LogP contribution in [0.4, 0.5) is 15.9 Å². The number of benzene rings is 1. The number of esters is 1. The van der Waals surface area contributed by atoms with E-state index in [0.717, 1.165) is 0 Å². The largest absolute Gasteiger partial charge is 0.488 e. The molecular weight excluding hydrogens is 433 g/mol. The highest BCUT2D eigenvalue weighted by atomic mass is 35.5. The summed E-state index contributed by atoms with van der Waals surface area (Å²) >= 11 is 7.57. The second kappa shape index (κ2) is 8.71. The third-order valence-electron chi connectivity index (χ3n) is 4.82. The number of carbonyl (C=O) groups excluding carboxylic acids is 1. The van der Waals surface area contributed by atoms with Gasteiger partial charge in [0.2, 0.25) is 0 Å². The summed E-state index contributed by atoms with van der Waals surface area (Å²) < 4.78 is 30.3. The Morgan fingerprint density at radius 1 is 1.33 bits per heavy atom. The average Bonchev–Trinajstić information content (AvgIpc) is 3.08. The number of fused-ring (bicyclic) bond motifs is 1. The lowest BCUT2D eigenvalue weighted by Gasteiger charge is -2.25. The first-order chi connectivity index (χ1) is 14.5. The Morgan fingerprint density at radius 2 is 2.10 bits per heavy atom. The van der Waals surface area contributed by atoms with Gasteiger partial charge >= 0.3 is 5.97 Å². The molecule has 0 amide bonds. The van der Waals surface area contributed by atoms with E-state index in [1.807, 2.05) is 0 Å². The highest BCUT2D eigenvalue weighted by Gasteiger charge is 2.23. The lowest BCUT2D eigenvalue weighted by Crippen LogP contribution is -2.26. The van der Waals surface area contributed by atoms with Gasteiger partial charge in [-0.2, -0.15) is 0 Å². The van der Waals surface area contributed by atoms with Crippen LogP contribution in [-0.2, 0) is 9.47 Å². The van der Waals surface area contributed by atoms with Gasteiger partial charge in [0, 0.05) is 18.9 Å². The predicted octanol–water partition coefficient (Wildman–Crippen LogP) is 4.88. The molecular formula is C20H19ClFN3O4S. The zero-order valence-electron chi connectivity index (χ0n) is 16.3. The molecule has 30 heavy (non-hydrogen) atoms. The molecule has 1 fully saturated rings. The number of hydrogen-bond donors (Lipinski definition) is 1. The summed E-state index contributed by atoms with van der Waals surface area (Å²) in [4.78, 5) is 21.7. The molecule has 0 spiro atoms. The van der Waals surface area contributed by atoms with Crippen LogP contribution in [0.25, 0.3) is 10.2 Å². The number of halogens is 2. The fourth-order valence-electron chi connectivity index (χ4n) is 3.31. The number of aryl methyl sites for hydroxylation is 1. The van der Waals surface area contributed by atoms with Crippen molar-refractivity contribution in [3.8, 4) is 5.75 Å². The number of nitrogens with zero attached hydrogens (tertiary/aromatic N) is 2. The Bertz CT molecular complexity index is 1100. The second-order valence-electron chi connectivity index (χ2n) is 6.77. The minimum absolute atomic E-state index is 0.101. The van der Waals surface area contributed by atoms with Crippen molar-refractivity contribution in [1.29, 1.82) is 0 Å². The quantitative estimate of drug-likeness (QED) is 0.553. The molecule has 0 aliphatic carbocycles. The Balaban J connectivity index is 1.74. The Morgan fingerprint density at radius 3 is 2.83 bits per heavy atom. The normalized spacial score (nSPS) is 14.7. The first-order valence-corrected chi connectivity index (χ1v) is 10.5. The summed E-state index contributed by atoms with van der Waals surface area (Å²) in [6.45, 7) is 2.98. The minimum atomic E-state index is -0.500. The van der Waals surface area contributed by atoms with E-state index in [9.17, 15) is 9.18 Å². The molecule has 0 radical (unpaired) electrons. The monoisotopic (exact) mass is 451 g/mol. The number of methoxy groups -OCH3 is 1. The molecule has 10 heteroatoms. The zero-order valence-corrected chi connectivity index (χ0v) is 17.9. The fourth-order valence-corrected chi connectivity index (χ4v) is 4.62. The van der Waals surface area contributed by atoms with Gasteiger partial charge < -0.3 is 19.5 Å². The maximum Gasteiger partial charge on any atom is 0.348 e. The maximum absolute atomic E-state index is 14.1. The van der Waals surface area contributed by atoms with Crippen LogP contribution >= 0.6 is 22.9 Å². The molecule has 1 aromatic carbocycles. The van der Waals surface area contributed by atoms with Gasteiger partial charge in [-0.05, 0) is 18.6 Å². The van der Waals surface area contributed by atoms with Crippen molar-refractivity contribution in [1.82, 2.24) is 9.97 Å². The topological polar surface area (TPSA) is 82.6 Å². The first kappa shape index (κ1) is 20.8. The summed E-state index contributed by atoms with van der Waals surface area (Å²) in [5.74, 6) is -0.209. The highest BCUT2D eigenvalue weighted by Crippen LogP contribution is 2.40. The van der Waals surface area contributed by atoms with Crippen molar-refractivity contribution in [2.45, 2.75) is 25.9 Å². The summed E-state index contributed by atoms with van der Waals surface area (Å²) in [7, 11) is 1.33. The summed E-state index contributed by atoms with van der Waals surface area (Å²) in [5, 5.41) is 3.98. The Labute approximate surface area is 181 Å². The van der Waals surface area contributed by atoms with Crippen LogP contribution in [0.5, 0.6) is 5.75 Å². The van der Waals surface area contributed by atoms with E-state index in [-0.39, 0.29) is 11.1 Å². The highest BCUT2D eigenvalue weighted by molar-refractivity contribution is 7.20. The van der Waals surface area contributed by atoms with Crippen LogP contribution in [0.3, 0.4) is 0 Å². The first-order valence-electron chi connectivity index (χ1n) is 9.30. The van der Waals surface area contributed by atoms with E-state index >= 15 is 0 Å². The number of aromatic nitrogens is 2. The molecule has 0 saturated carbocycles. The summed E-state index contributed by atoms with van der Waals surface area (Å²) in [5.41, 5.74) is 1.09. The van der Waals surface area contributed by atoms with E-state index in [2.05, 4.69) is 15.3 Å². The van der Waals surface area contributed by atoms with Crippen molar-refractivity contribution in [2.75, 3.05) is 25.6 Å². The zero-order chi connectivity index (χ0) is 21.3. The number of anilines is 2. The standard InChI is InChI=1S/C20H19ClFN3O4S/c1-10-15-18(23-9-24-19(15)30-17(10)20(26)27-2)25-16-13(21)7-11(22)8-14(16)29-12-3-5-28-6-4-12/h7-9,12H,3-6H2,1-2H3,(H,23,24,25). The maximum atomic E-state index is 14.1. The van der Waals surface area contributed by atoms with Gasteiger partial charge in [0.15, 0.2) is 0 Å². The lowest BCUT2D eigenvalue weighted by molar-refractivity contribution is 0.0257. The van der Waals surface area contributed by atoms with Crippen molar-refractivity contribution < 1.29 is 23.4 Å². The molecule has 7 nitrogen and oxygen atoms in total. The summed E-state index contributed by atoms with van der Waals surface area (Å²) in [6.07, 6.45) is 2.70. The average molecular weight is 452 g/mol. The van der Waals surface area contributed by atoms with Gasteiger partial charge in [0.25, 0.3) is 0 Å². The van der Waals surface area contributed by atoms with Crippen molar-refractivity contribution in [3.05, 3.63) is 39.7 Å². The van der Waals surface area contributed by atoms with Crippen LogP contribution < -0.4 is 10.1 Å². The van der Waals surface area contributed by atoms with Crippen molar-refractivity contribution in [2.24, 2.45) is 0 Å². The van der Waals surface area contributed by atoms with E-state index in [4.69, 9.17) is 25.8 Å².